The fourth-order valence-electron chi connectivity index (χ4n) is 1.81. The molecular formula is C14H12BrF3N2. The molecule has 0 aliphatic carbocycles. The van der Waals surface area contributed by atoms with Crippen molar-refractivity contribution in [3.63, 3.8) is 0 Å². The summed E-state index contributed by atoms with van der Waals surface area (Å²) < 4.78 is 39.3. The van der Waals surface area contributed by atoms with Crippen molar-refractivity contribution in [2.75, 3.05) is 19.0 Å². The molecule has 0 aliphatic rings. The third-order valence-electron chi connectivity index (χ3n) is 2.77. The van der Waals surface area contributed by atoms with Gasteiger partial charge in [0.15, 0.2) is 0 Å². The summed E-state index contributed by atoms with van der Waals surface area (Å²) in [6.45, 7) is 0. The average molecular weight is 345 g/mol. The van der Waals surface area contributed by atoms with Gasteiger partial charge >= 0.3 is 6.18 Å². The van der Waals surface area contributed by atoms with Gasteiger partial charge in [0.2, 0.25) is 0 Å². The monoisotopic (exact) mass is 344 g/mol. The summed E-state index contributed by atoms with van der Waals surface area (Å²) in [4.78, 5) is 5.63. The molecule has 0 spiro atoms. The molecule has 1 aromatic carbocycles. The fraction of sp³-hybridized carbons (Fsp3) is 0.214. The zero-order chi connectivity index (χ0) is 14.9. The second-order valence-electron chi connectivity index (χ2n) is 4.49. The van der Waals surface area contributed by atoms with Crippen LogP contribution in [0.3, 0.4) is 0 Å². The Hall–Kier alpha value is -1.56. The van der Waals surface area contributed by atoms with Gasteiger partial charge in [-0.3, -0.25) is 0 Å². The molecule has 106 valence electrons. The largest absolute Gasteiger partial charge is 0.417 e. The number of rotatable bonds is 2. The third kappa shape index (κ3) is 3.12. The maximum Gasteiger partial charge on any atom is 0.417 e. The molecule has 2 rings (SSSR count). The van der Waals surface area contributed by atoms with Gasteiger partial charge in [0.1, 0.15) is 5.82 Å². The van der Waals surface area contributed by atoms with Crippen molar-refractivity contribution in [3.05, 3.63) is 46.6 Å². The first kappa shape index (κ1) is 14.8. The molecule has 0 aliphatic heterocycles. The van der Waals surface area contributed by atoms with Gasteiger partial charge in [0, 0.05) is 30.3 Å². The van der Waals surface area contributed by atoms with Crippen LogP contribution in [-0.4, -0.2) is 19.1 Å². The van der Waals surface area contributed by atoms with Crippen LogP contribution in [0, 0.1) is 0 Å². The Morgan fingerprint density at radius 2 is 1.70 bits per heavy atom. The number of halogens is 4. The van der Waals surface area contributed by atoms with E-state index in [1.54, 1.807) is 43.3 Å². The first-order valence-electron chi connectivity index (χ1n) is 5.79. The van der Waals surface area contributed by atoms with Crippen LogP contribution >= 0.6 is 15.9 Å². The summed E-state index contributed by atoms with van der Waals surface area (Å²) in [5.41, 5.74) is 0.397. The molecule has 1 heterocycles. The number of nitrogens with zero attached hydrogens (tertiary/aromatic N) is 2. The Labute approximate surface area is 123 Å². The summed E-state index contributed by atoms with van der Waals surface area (Å²) >= 11 is 3.31. The topological polar surface area (TPSA) is 16.1 Å². The summed E-state index contributed by atoms with van der Waals surface area (Å²) in [5, 5.41) is 0. The van der Waals surface area contributed by atoms with E-state index in [9.17, 15) is 13.2 Å². The lowest BCUT2D eigenvalue weighted by Gasteiger charge is -2.18. The van der Waals surface area contributed by atoms with Crippen molar-refractivity contribution in [1.29, 1.82) is 0 Å². The Morgan fingerprint density at radius 3 is 2.20 bits per heavy atom. The third-order valence-corrected chi connectivity index (χ3v) is 3.30. The molecule has 20 heavy (non-hydrogen) atoms. The van der Waals surface area contributed by atoms with Crippen molar-refractivity contribution in [2.24, 2.45) is 0 Å². The van der Waals surface area contributed by atoms with Crippen molar-refractivity contribution >= 4 is 21.7 Å². The number of benzene rings is 1. The van der Waals surface area contributed by atoms with E-state index in [1.807, 2.05) is 0 Å². The predicted molar refractivity (Wildman–Crippen MR) is 76.7 cm³/mol. The van der Waals surface area contributed by atoms with E-state index in [2.05, 4.69) is 20.9 Å². The van der Waals surface area contributed by atoms with E-state index >= 15 is 0 Å². The molecule has 2 nitrogen and oxygen atoms in total. The fourth-order valence-corrected chi connectivity index (χ4v) is 2.08. The van der Waals surface area contributed by atoms with E-state index in [4.69, 9.17) is 0 Å². The molecule has 0 fully saturated rings. The normalized spacial score (nSPS) is 11.5. The molecule has 0 saturated heterocycles. The second kappa shape index (κ2) is 5.44. The van der Waals surface area contributed by atoms with E-state index in [0.717, 1.165) is 16.7 Å². The minimum absolute atomic E-state index is 0.456. The lowest BCUT2D eigenvalue weighted by molar-refractivity contribution is -0.137. The minimum atomic E-state index is -4.40. The van der Waals surface area contributed by atoms with Gasteiger partial charge in [-0.25, -0.2) is 4.98 Å². The standard InChI is InChI=1S/C14H12BrF3N2/c1-20(2)13-12(9-3-5-11(15)6-4-9)7-10(8-19-13)14(16,17)18/h3-8H,1-2H3. The van der Waals surface area contributed by atoms with Gasteiger partial charge in [-0.05, 0) is 23.8 Å². The maximum absolute atomic E-state index is 12.8. The maximum atomic E-state index is 12.8. The number of hydrogen-bond acceptors (Lipinski definition) is 2. The number of hydrogen-bond donors (Lipinski definition) is 0. The van der Waals surface area contributed by atoms with E-state index in [0.29, 0.717) is 16.9 Å². The summed E-state index contributed by atoms with van der Waals surface area (Å²) in [6.07, 6.45) is -3.54. The molecular weight excluding hydrogens is 333 g/mol. The highest BCUT2D eigenvalue weighted by Gasteiger charge is 2.32. The Bertz CT molecular complexity index is 607. The minimum Gasteiger partial charge on any atom is -0.362 e. The van der Waals surface area contributed by atoms with Gasteiger partial charge in [0.25, 0.3) is 0 Å². The Balaban J connectivity index is 2.61. The summed E-state index contributed by atoms with van der Waals surface area (Å²) in [7, 11) is 3.50. The molecule has 2 aromatic rings. The van der Waals surface area contributed by atoms with Crippen LogP contribution in [0.5, 0.6) is 0 Å². The molecule has 0 unspecified atom stereocenters. The smallest absolute Gasteiger partial charge is 0.362 e. The molecule has 0 saturated carbocycles. The van der Waals surface area contributed by atoms with Crippen LogP contribution in [0.25, 0.3) is 11.1 Å². The lowest BCUT2D eigenvalue weighted by atomic mass is 10.0. The SMILES string of the molecule is CN(C)c1ncc(C(F)(F)F)cc1-c1ccc(Br)cc1. The van der Waals surface area contributed by atoms with E-state index in [1.165, 1.54) is 0 Å². The zero-order valence-electron chi connectivity index (χ0n) is 10.9. The van der Waals surface area contributed by atoms with Gasteiger partial charge in [0.05, 0.1) is 5.56 Å². The first-order valence-corrected chi connectivity index (χ1v) is 6.59. The highest BCUT2D eigenvalue weighted by atomic mass is 79.9. The molecule has 1 aromatic heterocycles. The zero-order valence-corrected chi connectivity index (χ0v) is 12.5. The van der Waals surface area contributed by atoms with Crippen molar-refractivity contribution in [3.8, 4) is 11.1 Å². The first-order chi connectivity index (χ1) is 9.29. The molecule has 0 radical (unpaired) electrons. The summed E-state index contributed by atoms with van der Waals surface area (Å²) in [5.74, 6) is 0.500. The highest BCUT2D eigenvalue weighted by Crippen LogP contribution is 2.35. The molecule has 0 N–H and O–H groups in total. The van der Waals surface area contributed by atoms with Crippen LogP contribution < -0.4 is 4.90 Å². The highest BCUT2D eigenvalue weighted by molar-refractivity contribution is 9.10. The molecule has 0 amide bonds. The van der Waals surface area contributed by atoms with Gasteiger partial charge in [-0.15, -0.1) is 0 Å². The quantitative estimate of drug-likeness (QED) is 0.791. The van der Waals surface area contributed by atoms with Crippen molar-refractivity contribution in [2.45, 2.75) is 6.18 Å². The van der Waals surface area contributed by atoms with Crippen LogP contribution in [-0.2, 0) is 6.18 Å². The van der Waals surface area contributed by atoms with Crippen molar-refractivity contribution < 1.29 is 13.2 Å². The van der Waals surface area contributed by atoms with Crippen LogP contribution in [0.4, 0.5) is 19.0 Å². The van der Waals surface area contributed by atoms with Crippen LogP contribution in [0.1, 0.15) is 5.56 Å². The second-order valence-corrected chi connectivity index (χ2v) is 5.41. The Morgan fingerprint density at radius 1 is 1.10 bits per heavy atom. The van der Waals surface area contributed by atoms with Gasteiger partial charge in [-0.2, -0.15) is 13.2 Å². The number of alkyl halides is 3. The van der Waals surface area contributed by atoms with E-state index < -0.39 is 11.7 Å². The number of aromatic nitrogens is 1. The number of anilines is 1. The van der Waals surface area contributed by atoms with Crippen LogP contribution in [0.2, 0.25) is 0 Å². The van der Waals surface area contributed by atoms with Crippen molar-refractivity contribution in [1.82, 2.24) is 4.98 Å². The molecule has 0 bridgehead atoms. The molecule has 0 atom stereocenters. The van der Waals surface area contributed by atoms with Gasteiger partial charge in [-0.1, -0.05) is 28.1 Å². The number of pyridine rings is 1. The summed E-state index contributed by atoms with van der Waals surface area (Å²) in [6, 6.07) is 8.22. The van der Waals surface area contributed by atoms with E-state index in [-0.39, 0.29) is 0 Å². The van der Waals surface area contributed by atoms with Gasteiger partial charge < -0.3 is 4.90 Å². The Kier molecular flexibility index (Phi) is 4.04. The molecule has 6 heteroatoms. The lowest BCUT2D eigenvalue weighted by Crippen LogP contribution is -2.14. The predicted octanol–water partition coefficient (Wildman–Crippen LogP) is 4.60. The van der Waals surface area contributed by atoms with Crippen LogP contribution in [0.15, 0.2) is 41.0 Å². The average Bonchev–Trinajstić information content (AvgIpc) is 2.37.